The Bertz CT molecular complexity index is 875. The molecule has 1 aromatic rings. The van der Waals surface area contributed by atoms with Crippen LogP contribution in [0.5, 0.6) is 0 Å². The van der Waals surface area contributed by atoms with Gasteiger partial charge in [0.15, 0.2) is 17.6 Å². The number of nitrogens with two attached hydrogens (primary N) is 1. The van der Waals surface area contributed by atoms with Crippen LogP contribution < -0.4 is 16.4 Å². The van der Waals surface area contributed by atoms with Crippen LogP contribution in [-0.2, 0) is 6.18 Å². The van der Waals surface area contributed by atoms with Gasteiger partial charge in [-0.1, -0.05) is 19.4 Å². The van der Waals surface area contributed by atoms with Crippen molar-refractivity contribution in [1.29, 1.82) is 0 Å². The smallest absolute Gasteiger partial charge is 0.319 e. The summed E-state index contributed by atoms with van der Waals surface area (Å²) in [5, 5.41) is 6.27. The largest absolute Gasteiger partial charge is 0.433 e. The molecule has 2 fully saturated rings. The summed E-state index contributed by atoms with van der Waals surface area (Å²) in [5.41, 5.74) is 5.79. The van der Waals surface area contributed by atoms with E-state index in [9.17, 15) is 13.2 Å². The topological polar surface area (TPSA) is 90.9 Å². The first kappa shape index (κ1) is 23.0. The summed E-state index contributed by atoms with van der Waals surface area (Å²) in [6.07, 6.45) is 1.26. The number of nitrogens with one attached hydrogen (secondary N) is 2. The molecule has 10 heteroatoms. The summed E-state index contributed by atoms with van der Waals surface area (Å²) < 4.78 is 39.6. The van der Waals surface area contributed by atoms with E-state index in [2.05, 4.69) is 25.5 Å². The fourth-order valence-corrected chi connectivity index (χ4v) is 4.43. The van der Waals surface area contributed by atoms with Gasteiger partial charge >= 0.3 is 6.18 Å². The molecule has 7 nitrogen and oxygen atoms in total. The van der Waals surface area contributed by atoms with Gasteiger partial charge in [0.25, 0.3) is 0 Å². The number of amidine groups is 1. The van der Waals surface area contributed by atoms with Crippen molar-refractivity contribution >= 4 is 11.8 Å². The van der Waals surface area contributed by atoms with Crippen LogP contribution in [-0.4, -0.2) is 53.1 Å². The van der Waals surface area contributed by atoms with Gasteiger partial charge in [-0.2, -0.15) is 13.2 Å². The number of hydrogen-bond donors (Lipinski definition) is 3. The van der Waals surface area contributed by atoms with Gasteiger partial charge in [-0.25, -0.2) is 15.0 Å². The van der Waals surface area contributed by atoms with E-state index in [1.165, 1.54) is 31.4 Å². The molecular weight excluding hydrogens is 419 g/mol. The Morgan fingerprint density at radius 2 is 1.94 bits per heavy atom. The number of aliphatic imine (C=N–C) groups is 2. The van der Waals surface area contributed by atoms with Crippen molar-refractivity contribution in [2.45, 2.75) is 64.0 Å². The lowest BCUT2D eigenvalue weighted by atomic mass is 9.97. The van der Waals surface area contributed by atoms with E-state index in [1.54, 1.807) is 0 Å². The molecule has 3 atom stereocenters. The van der Waals surface area contributed by atoms with E-state index in [0.717, 1.165) is 38.5 Å². The second-order valence-corrected chi connectivity index (χ2v) is 9.26. The summed E-state index contributed by atoms with van der Waals surface area (Å²) in [6.45, 7) is 7.00. The molecule has 176 valence electrons. The number of guanidine groups is 1. The van der Waals surface area contributed by atoms with Crippen molar-refractivity contribution in [2.24, 2.45) is 27.6 Å². The Kier molecular flexibility index (Phi) is 6.44. The molecule has 0 bridgehead atoms. The van der Waals surface area contributed by atoms with E-state index >= 15 is 0 Å². The van der Waals surface area contributed by atoms with Crippen LogP contribution in [0.1, 0.15) is 57.3 Å². The van der Waals surface area contributed by atoms with Crippen LogP contribution in [0, 0.1) is 11.8 Å². The third-order valence-electron chi connectivity index (χ3n) is 6.48. The summed E-state index contributed by atoms with van der Waals surface area (Å²) in [5.74, 6) is -0.117. The number of pyridine rings is 1. The normalized spacial score (nSPS) is 27.9. The van der Waals surface area contributed by atoms with Crippen molar-refractivity contribution in [3.05, 3.63) is 29.6 Å². The highest BCUT2D eigenvalue weighted by atomic mass is 19.4. The van der Waals surface area contributed by atoms with E-state index in [-0.39, 0.29) is 23.5 Å². The van der Waals surface area contributed by atoms with Crippen molar-refractivity contribution in [2.75, 3.05) is 19.6 Å². The Labute approximate surface area is 186 Å². The predicted octanol–water partition coefficient (Wildman–Crippen LogP) is 2.93. The third kappa shape index (κ3) is 5.40. The summed E-state index contributed by atoms with van der Waals surface area (Å²) in [6, 6.07) is 3.76. The number of rotatable bonds is 6. The Hall–Kier alpha value is -2.20. The van der Waals surface area contributed by atoms with Gasteiger partial charge in [-0.15, -0.1) is 0 Å². The van der Waals surface area contributed by atoms with Crippen LogP contribution in [0.3, 0.4) is 0 Å². The van der Waals surface area contributed by atoms with Crippen LogP contribution in [0.4, 0.5) is 13.2 Å². The summed E-state index contributed by atoms with van der Waals surface area (Å²) in [7, 11) is 0. The number of likely N-dealkylation sites (tertiary alicyclic amines) is 1. The number of piperidine rings is 1. The second-order valence-electron chi connectivity index (χ2n) is 9.26. The minimum absolute atomic E-state index is 0.00648. The molecule has 4 rings (SSSR count). The van der Waals surface area contributed by atoms with E-state index < -0.39 is 17.7 Å². The Morgan fingerprint density at radius 3 is 2.59 bits per heavy atom. The lowest BCUT2D eigenvalue weighted by Gasteiger charge is -2.38. The number of nitrogens with zero attached hydrogens (tertiary/aromatic N) is 4. The molecule has 3 heterocycles. The Balaban J connectivity index is 1.61. The fourth-order valence-electron chi connectivity index (χ4n) is 4.43. The van der Waals surface area contributed by atoms with Crippen molar-refractivity contribution in [1.82, 2.24) is 20.5 Å². The lowest BCUT2D eigenvalue weighted by Crippen LogP contribution is -2.67. The first-order chi connectivity index (χ1) is 15.1. The van der Waals surface area contributed by atoms with Crippen LogP contribution >= 0.6 is 0 Å². The molecule has 32 heavy (non-hydrogen) atoms. The fraction of sp³-hybridized carbons (Fsp3) is 0.682. The molecular formula is C22H32F3N7. The van der Waals surface area contributed by atoms with Crippen molar-refractivity contribution < 1.29 is 13.2 Å². The minimum atomic E-state index is -4.54. The lowest BCUT2D eigenvalue weighted by molar-refractivity contribution is -0.141. The van der Waals surface area contributed by atoms with E-state index in [0.29, 0.717) is 11.9 Å². The zero-order chi connectivity index (χ0) is 22.9. The molecule has 2 unspecified atom stereocenters. The van der Waals surface area contributed by atoms with Crippen LogP contribution in [0.25, 0.3) is 0 Å². The highest BCUT2D eigenvalue weighted by molar-refractivity contribution is 6.09. The van der Waals surface area contributed by atoms with Crippen molar-refractivity contribution in [3.63, 3.8) is 0 Å². The Morgan fingerprint density at radius 1 is 1.22 bits per heavy atom. The second kappa shape index (κ2) is 8.97. The van der Waals surface area contributed by atoms with Gasteiger partial charge in [0.1, 0.15) is 11.4 Å². The maximum atomic E-state index is 13.2. The van der Waals surface area contributed by atoms with Gasteiger partial charge in [0, 0.05) is 12.5 Å². The van der Waals surface area contributed by atoms with Gasteiger partial charge in [-0.05, 0) is 63.7 Å². The standard InChI is InChI=1S/C22H32F3N7/c1-14(13-32-11-4-3-5-12-32)27-20-29-19(17-7-6-8-18(28-17)21(23,24)25)30-22(26,31-20)15(2)16-9-10-16/h6-8,14-16H,3-5,9-13,26H2,1-2H3,(H2,27,29,30,31)/t14?,15-,22?/m1/s1. The molecule has 1 aromatic heterocycles. The highest BCUT2D eigenvalue weighted by Crippen LogP contribution is 2.41. The van der Waals surface area contributed by atoms with Gasteiger partial charge in [-0.3, -0.25) is 5.73 Å². The maximum absolute atomic E-state index is 13.2. The van der Waals surface area contributed by atoms with Gasteiger partial charge in [0.2, 0.25) is 0 Å². The van der Waals surface area contributed by atoms with Crippen LogP contribution in [0.2, 0.25) is 0 Å². The molecule has 2 aliphatic heterocycles. The quantitative estimate of drug-likeness (QED) is 0.619. The zero-order valence-electron chi connectivity index (χ0n) is 18.6. The minimum Gasteiger partial charge on any atom is -0.319 e. The van der Waals surface area contributed by atoms with Crippen LogP contribution in [0.15, 0.2) is 28.2 Å². The monoisotopic (exact) mass is 451 g/mol. The molecule has 1 saturated carbocycles. The molecule has 4 N–H and O–H groups in total. The average molecular weight is 452 g/mol. The molecule has 0 amide bonds. The molecule has 0 radical (unpaired) electrons. The predicted molar refractivity (Wildman–Crippen MR) is 118 cm³/mol. The zero-order valence-corrected chi connectivity index (χ0v) is 18.6. The molecule has 0 aromatic carbocycles. The van der Waals surface area contributed by atoms with E-state index in [1.807, 2.05) is 13.8 Å². The molecule has 1 saturated heterocycles. The maximum Gasteiger partial charge on any atom is 0.433 e. The van der Waals surface area contributed by atoms with Gasteiger partial charge in [0.05, 0.1) is 6.04 Å². The molecule has 3 aliphatic rings. The molecule has 0 spiro atoms. The number of aromatic nitrogens is 1. The SMILES string of the molecule is CC(CN1CCCCC1)N=C1NC(c2cccc(C(F)(F)F)n2)=NC(N)([C@H](C)C2CC2)N1. The number of alkyl halides is 3. The first-order valence-electron chi connectivity index (χ1n) is 11.4. The third-order valence-corrected chi connectivity index (χ3v) is 6.48. The van der Waals surface area contributed by atoms with Gasteiger partial charge < -0.3 is 15.5 Å². The summed E-state index contributed by atoms with van der Waals surface area (Å²) in [4.78, 5) is 15.6. The first-order valence-corrected chi connectivity index (χ1v) is 11.4. The van der Waals surface area contributed by atoms with Crippen molar-refractivity contribution in [3.8, 4) is 0 Å². The highest BCUT2D eigenvalue weighted by Gasteiger charge is 2.45. The number of hydrogen-bond acceptors (Lipinski definition) is 5. The summed E-state index contributed by atoms with van der Waals surface area (Å²) >= 11 is 0. The van der Waals surface area contributed by atoms with E-state index in [4.69, 9.17) is 10.7 Å². The molecule has 1 aliphatic carbocycles. The number of halogens is 3. The average Bonchev–Trinajstić information content (AvgIpc) is 3.58.